The van der Waals surface area contributed by atoms with Crippen LogP contribution in [0.4, 0.5) is 0 Å². The molecule has 0 aromatic rings. The Bertz CT molecular complexity index is 524. The van der Waals surface area contributed by atoms with E-state index in [1.807, 2.05) is 12.2 Å². The maximum Gasteiger partial charge on any atom is 2.00 e. The van der Waals surface area contributed by atoms with Gasteiger partial charge >= 0.3 is 19.5 Å². The SMILES string of the molecule is CCCCCCCCCCCCCC=CCCC(=O)[O-].CCCCCCCCCCCCCC=CCCC(=O)[O-].[Zn+2]. The van der Waals surface area contributed by atoms with E-state index in [-0.39, 0.29) is 32.3 Å². The number of carboxylic acid groups (broad SMARTS) is 2. The fourth-order valence-electron chi connectivity index (χ4n) is 4.73. The molecule has 41 heavy (non-hydrogen) atoms. The van der Waals surface area contributed by atoms with Gasteiger partial charge in [-0.15, -0.1) is 0 Å². The van der Waals surface area contributed by atoms with Crippen molar-refractivity contribution in [2.75, 3.05) is 0 Å². The van der Waals surface area contributed by atoms with Gasteiger partial charge in [0.15, 0.2) is 0 Å². The Balaban J connectivity index is -0.000000688. The summed E-state index contributed by atoms with van der Waals surface area (Å²) >= 11 is 0. The predicted octanol–water partition coefficient (Wildman–Crippen LogP) is 9.55. The molecular weight excluding hydrogens is 562 g/mol. The molecule has 0 bridgehead atoms. The second kappa shape index (κ2) is 41.2. The number of allylic oxidation sites excluding steroid dienone is 4. The molecule has 0 amide bonds. The van der Waals surface area contributed by atoms with Crippen molar-refractivity contribution in [3.63, 3.8) is 0 Å². The van der Waals surface area contributed by atoms with E-state index in [9.17, 15) is 19.8 Å². The first-order valence-corrected chi connectivity index (χ1v) is 17.2. The summed E-state index contributed by atoms with van der Waals surface area (Å²) in [6, 6.07) is 0. The second-order valence-corrected chi connectivity index (χ2v) is 11.4. The molecule has 0 aromatic heterocycles. The third-order valence-electron chi connectivity index (χ3n) is 7.31. The minimum absolute atomic E-state index is 0. The number of hydrogen-bond donors (Lipinski definition) is 0. The third-order valence-corrected chi connectivity index (χ3v) is 7.31. The van der Waals surface area contributed by atoms with Crippen LogP contribution in [0.2, 0.25) is 0 Å². The largest absolute Gasteiger partial charge is 2.00 e. The Morgan fingerprint density at radius 2 is 0.610 bits per heavy atom. The fraction of sp³-hybridized carbons (Fsp3) is 0.833. The van der Waals surface area contributed by atoms with Crippen molar-refractivity contribution in [1.29, 1.82) is 0 Å². The summed E-state index contributed by atoms with van der Waals surface area (Å²) in [6.07, 6.45) is 42.0. The fourth-order valence-corrected chi connectivity index (χ4v) is 4.73. The first kappa shape index (κ1) is 44.5. The molecule has 0 N–H and O–H groups in total. The molecule has 0 aromatic carbocycles. The molecule has 0 aliphatic carbocycles. The molecule has 5 heteroatoms. The molecule has 4 nitrogen and oxygen atoms in total. The van der Waals surface area contributed by atoms with E-state index in [1.165, 1.54) is 141 Å². The first-order valence-electron chi connectivity index (χ1n) is 17.2. The molecule has 0 spiro atoms. The Hall–Kier alpha value is -0.957. The van der Waals surface area contributed by atoms with E-state index < -0.39 is 11.9 Å². The van der Waals surface area contributed by atoms with E-state index in [0.29, 0.717) is 12.8 Å². The minimum atomic E-state index is -0.954. The molecule has 0 radical (unpaired) electrons. The average molecular weight is 628 g/mol. The van der Waals surface area contributed by atoms with Gasteiger partial charge in [-0.1, -0.05) is 167 Å². The summed E-state index contributed by atoms with van der Waals surface area (Å²) < 4.78 is 0. The zero-order valence-electron chi connectivity index (χ0n) is 27.4. The van der Waals surface area contributed by atoms with E-state index in [2.05, 4.69) is 26.0 Å². The standard InChI is InChI=1S/2C18H34O2.Zn/c2*1-2-3-4-5-6-7-8-9-10-11-12-13-14-15-16-17-18(19)20;/h2*14-15H,2-13,16-17H2,1H3,(H,19,20);/q;;+2/p-2. The van der Waals surface area contributed by atoms with E-state index in [4.69, 9.17) is 0 Å². The maximum atomic E-state index is 10.2. The second-order valence-electron chi connectivity index (χ2n) is 11.4. The van der Waals surface area contributed by atoms with E-state index in [0.717, 1.165) is 12.8 Å². The molecule has 0 aliphatic rings. The van der Waals surface area contributed by atoms with Gasteiger partial charge in [-0.3, -0.25) is 0 Å². The van der Waals surface area contributed by atoms with Crippen LogP contribution in [0.15, 0.2) is 24.3 Å². The van der Waals surface area contributed by atoms with Crippen LogP contribution in [-0.2, 0) is 29.1 Å². The smallest absolute Gasteiger partial charge is 0.550 e. The number of hydrogen-bond acceptors (Lipinski definition) is 4. The third kappa shape index (κ3) is 49.1. The van der Waals surface area contributed by atoms with Crippen molar-refractivity contribution in [3.8, 4) is 0 Å². The summed E-state index contributed by atoms with van der Waals surface area (Å²) in [6.45, 7) is 4.52. The number of carboxylic acids is 2. The number of carbonyl (C=O) groups is 2. The van der Waals surface area contributed by atoms with Gasteiger partial charge in [0.1, 0.15) is 0 Å². The minimum Gasteiger partial charge on any atom is -0.550 e. The Morgan fingerprint density at radius 3 is 0.854 bits per heavy atom. The van der Waals surface area contributed by atoms with Crippen LogP contribution in [0.5, 0.6) is 0 Å². The summed E-state index contributed by atoms with van der Waals surface area (Å²) in [7, 11) is 0. The Morgan fingerprint density at radius 1 is 0.390 bits per heavy atom. The first-order chi connectivity index (χ1) is 19.5. The van der Waals surface area contributed by atoms with Crippen molar-refractivity contribution in [3.05, 3.63) is 24.3 Å². The van der Waals surface area contributed by atoms with E-state index >= 15 is 0 Å². The molecule has 0 fully saturated rings. The van der Waals surface area contributed by atoms with Crippen molar-refractivity contribution in [2.24, 2.45) is 0 Å². The maximum absolute atomic E-state index is 10.2. The number of rotatable bonds is 30. The molecule has 0 saturated heterocycles. The molecule has 236 valence electrons. The van der Waals surface area contributed by atoms with Gasteiger partial charge in [-0.25, -0.2) is 0 Å². The molecular formula is C36H66O4Zn. The van der Waals surface area contributed by atoms with Crippen LogP contribution in [0.3, 0.4) is 0 Å². The number of carbonyl (C=O) groups excluding carboxylic acids is 2. The topological polar surface area (TPSA) is 80.3 Å². The van der Waals surface area contributed by atoms with Gasteiger partial charge in [0.2, 0.25) is 0 Å². The van der Waals surface area contributed by atoms with Gasteiger partial charge in [-0.2, -0.15) is 0 Å². The zero-order chi connectivity index (χ0) is 29.8. The average Bonchev–Trinajstić information content (AvgIpc) is 2.93. The molecule has 0 heterocycles. The normalized spacial score (nSPS) is 11.0. The van der Waals surface area contributed by atoms with Crippen LogP contribution in [0.1, 0.15) is 194 Å². The number of aliphatic carboxylic acids is 2. The Kier molecular flexibility index (Phi) is 44.7. The van der Waals surface area contributed by atoms with Crippen LogP contribution in [-0.4, -0.2) is 11.9 Å². The molecule has 0 aliphatic heterocycles. The van der Waals surface area contributed by atoms with Crippen molar-refractivity contribution in [2.45, 2.75) is 194 Å². The van der Waals surface area contributed by atoms with Gasteiger partial charge in [0.05, 0.1) is 0 Å². The molecule has 0 rings (SSSR count). The predicted molar refractivity (Wildman–Crippen MR) is 169 cm³/mol. The molecule has 0 atom stereocenters. The molecule has 0 unspecified atom stereocenters. The quantitative estimate of drug-likeness (QED) is 0.0451. The van der Waals surface area contributed by atoms with Gasteiger partial charge in [-0.05, 0) is 51.4 Å². The summed E-state index contributed by atoms with van der Waals surface area (Å²) in [5.74, 6) is -1.91. The van der Waals surface area contributed by atoms with Crippen molar-refractivity contribution >= 4 is 11.9 Å². The summed E-state index contributed by atoms with van der Waals surface area (Å²) in [4.78, 5) is 20.4. The van der Waals surface area contributed by atoms with Crippen molar-refractivity contribution in [1.82, 2.24) is 0 Å². The van der Waals surface area contributed by atoms with Gasteiger partial charge < -0.3 is 19.8 Å². The summed E-state index contributed by atoms with van der Waals surface area (Å²) in [5, 5.41) is 20.4. The van der Waals surface area contributed by atoms with Gasteiger partial charge in [0.25, 0.3) is 0 Å². The summed E-state index contributed by atoms with van der Waals surface area (Å²) in [5.41, 5.74) is 0. The van der Waals surface area contributed by atoms with E-state index in [1.54, 1.807) is 0 Å². The van der Waals surface area contributed by atoms with Crippen LogP contribution in [0, 0.1) is 0 Å². The Labute approximate surface area is 268 Å². The molecule has 0 saturated carbocycles. The van der Waals surface area contributed by atoms with Gasteiger partial charge in [0, 0.05) is 11.9 Å². The van der Waals surface area contributed by atoms with Crippen LogP contribution >= 0.6 is 0 Å². The van der Waals surface area contributed by atoms with Crippen LogP contribution < -0.4 is 10.2 Å². The van der Waals surface area contributed by atoms with Crippen LogP contribution in [0.25, 0.3) is 0 Å². The van der Waals surface area contributed by atoms with Crippen molar-refractivity contribution < 1.29 is 39.3 Å². The number of unbranched alkanes of at least 4 members (excludes halogenated alkanes) is 22. The zero-order valence-corrected chi connectivity index (χ0v) is 30.4. The monoisotopic (exact) mass is 626 g/mol.